The van der Waals surface area contributed by atoms with Crippen LogP contribution in [-0.2, 0) is 10.5 Å². The average molecular weight is 505 g/mol. The summed E-state index contributed by atoms with van der Waals surface area (Å²) in [6.07, 6.45) is 6.94. The zero-order valence-corrected chi connectivity index (χ0v) is 21.4. The highest BCUT2D eigenvalue weighted by Gasteiger charge is 2.31. The number of likely N-dealkylation sites (N-methyl/N-ethyl adjacent to an activating group) is 1. The first-order valence-electron chi connectivity index (χ1n) is 12.5. The van der Waals surface area contributed by atoms with Crippen LogP contribution >= 0.6 is 0 Å². The molecule has 2 aliphatic rings. The molecule has 1 amide bonds. The predicted molar refractivity (Wildman–Crippen MR) is 145 cm³/mol. The van der Waals surface area contributed by atoms with Crippen molar-refractivity contribution in [2.45, 2.75) is 18.2 Å². The monoisotopic (exact) mass is 504 g/mol. The van der Waals surface area contributed by atoms with Crippen LogP contribution in [0.3, 0.4) is 0 Å². The SMILES string of the molecule is CN(C)C/C=C/C(=O)N1CC[C@@H](CNC2=CC(N)(c3ccc(Oc4ccccc4)cc3)N=CN2)[C@H](O)C1. The lowest BCUT2D eigenvalue weighted by atomic mass is 9.93. The summed E-state index contributed by atoms with van der Waals surface area (Å²) in [6, 6.07) is 17.1. The third kappa shape index (κ3) is 7.19. The fourth-order valence-corrected chi connectivity index (χ4v) is 4.31. The minimum Gasteiger partial charge on any atom is -0.457 e. The molecule has 9 nitrogen and oxygen atoms in total. The van der Waals surface area contributed by atoms with Gasteiger partial charge in [0, 0.05) is 44.2 Å². The number of amides is 1. The molecule has 4 rings (SSSR count). The van der Waals surface area contributed by atoms with E-state index in [1.165, 1.54) is 0 Å². The molecule has 1 saturated heterocycles. The summed E-state index contributed by atoms with van der Waals surface area (Å²) in [5.74, 6) is 2.15. The number of piperidine rings is 1. The van der Waals surface area contributed by atoms with Gasteiger partial charge in [0.1, 0.15) is 17.3 Å². The maximum atomic E-state index is 12.4. The number of aliphatic hydroxyl groups is 1. The Bertz CT molecular complexity index is 1130. The van der Waals surface area contributed by atoms with Crippen LogP contribution in [0, 0.1) is 5.92 Å². The van der Waals surface area contributed by atoms with Crippen LogP contribution in [0.5, 0.6) is 11.5 Å². The normalized spacial score (nSPS) is 23.6. The molecule has 0 aliphatic carbocycles. The number of aliphatic hydroxyl groups excluding tert-OH is 1. The minimum absolute atomic E-state index is 0.0120. The molecular formula is C28H36N6O3. The Morgan fingerprint density at radius 1 is 1.24 bits per heavy atom. The summed E-state index contributed by atoms with van der Waals surface area (Å²) in [4.78, 5) is 20.5. The van der Waals surface area contributed by atoms with Crippen LogP contribution in [0.15, 0.2) is 83.6 Å². The van der Waals surface area contributed by atoms with Gasteiger partial charge in [-0.25, -0.2) is 4.99 Å². The zero-order valence-electron chi connectivity index (χ0n) is 21.4. The molecule has 2 heterocycles. The largest absolute Gasteiger partial charge is 0.457 e. The molecule has 1 unspecified atom stereocenters. The zero-order chi connectivity index (χ0) is 26.3. The lowest BCUT2D eigenvalue weighted by Crippen LogP contribution is -2.49. The first-order valence-corrected chi connectivity index (χ1v) is 12.5. The second-order valence-electron chi connectivity index (χ2n) is 9.67. The Hall–Kier alpha value is -3.66. The third-order valence-electron chi connectivity index (χ3n) is 6.48. The molecule has 0 radical (unpaired) electrons. The number of likely N-dealkylation sites (tertiary alicyclic amines) is 1. The van der Waals surface area contributed by atoms with Gasteiger partial charge in [0.15, 0.2) is 5.66 Å². The minimum atomic E-state index is -1.04. The molecule has 5 N–H and O–H groups in total. The van der Waals surface area contributed by atoms with Gasteiger partial charge < -0.3 is 30.3 Å². The van der Waals surface area contributed by atoms with Crippen molar-refractivity contribution in [1.82, 2.24) is 20.4 Å². The molecule has 0 spiro atoms. The number of hydrogen-bond donors (Lipinski definition) is 4. The lowest BCUT2D eigenvalue weighted by Gasteiger charge is -2.36. The quantitative estimate of drug-likeness (QED) is 0.386. The van der Waals surface area contributed by atoms with Gasteiger partial charge in [0.25, 0.3) is 0 Å². The molecule has 9 heteroatoms. The number of nitrogens with zero attached hydrogens (tertiary/aromatic N) is 3. The Morgan fingerprint density at radius 3 is 2.68 bits per heavy atom. The third-order valence-corrected chi connectivity index (χ3v) is 6.48. The summed E-state index contributed by atoms with van der Waals surface area (Å²) in [6.45, 7) is 2.19. The number of carbonyl (C=O) groups is 1. The molecule has 1 fully saturated rings. The molecule has 2 aromatic carbocycles. The highest BCUT2D eigenvalue weighted by Crippen LogP contribution is 2.28. The van der Waals surface area contributed by atoms with Crippen molar-refractivity contribution >= 4 is 12.2 Å². The van der Waals surface area contributed by atoms with E-state index in [-0.39, 0.29) is 11.8 Å². The first kappa shape index (κ1) is 26.4. The first-order chi connectivity index (χ1) is 17.8. The lowest BCUT2D eigenvalue weighted by molar-refractivity contribution is -0.130. The van der Waals surface area contributed by atoms with E-state index in [1.807, 2.05) is 85.7 Å². The van der Waals surface area contributed by atoms with Crippen molar-refractivity contribution < 1.29 is 14.6 Å². The summed E-state index contributed by atoms with van der Waals surface area (Å²) in [5, 5.41) is 17.1. The maximum Gasteiger partial charge on any atom is 0.246 e. The van der Waals surface area contributed by atoms with Crippen molar-refractivity contribution in [1.29, 1.82) is 0 Å². The number of nitrogens with one attached hydrogen (secondary N) is 2. The standard InChI is InChI=1S/C28H36N6O3/c1-33(2)15-6-9-27(36)34-16-14-21(25(35)19-34)18-30-26-17-28(29,32-20-31-26)22-10-12-24(13-11-22)37-23-7-4-3-5-8-23/h3-13,17,20-21,25,30,35H,14-16,18-19,29H2,1-2H3,(H,31,32)/b9-6+/t21-,25+,28?/m0/s1. The number of nitrogens with two attached hydrogens (primary N) is 1. The van der Waals surface area contributed by atoms with Crippen LogP contribution in [0.4, 0.5) is 0 Å². The fourth-order valence-electron chi connectivity index (χ4n) is 4.31. The summed E-state index contributed by atoms with van der Waals surface area (Å²) < 4.78 is 5.87. The Balaban J connectivity index is 1.31. The molecule has 0 aromatic heterocycles. The van der Waals surface area contributed by atoms with Gasteiger partial charge in [-0.05, 0) is 50.3 Å². The van der Waals surface area contributed by atoms with E-state index in [1.54, 1.807) is 17.3 Å². The van der Waals surface area contributed by atoms with Gasteiger partial charge in [-0.1, -0.05) is 36.4 Å². The van der Waals surface area contributed by atoms with Gasteiger partial charge in [-0.15, -0.1) is 0 Å². The number of hydrogen-bond acceptors (Lipinski definition) is 8. The van der Waals surface area contributed by atoms with E-state index < -0.39 is 11.8 Å². The van der Waals surface area contributed by atoms with Gasteiger partial charge in [0.05, 0.1) is 12.4 Å². The highest BCUT2D eigenvalue weighted by atomic mass is 16.5. The van der Waals surface area contributed by atoms with Gasteiger partial charge in [-0.3, -0.25) is 10.5 Å². The van der Waals surface area contributed by atoms with E-state index in [2.05, 4.69) is 15.6 Å². The number of ether oxygens (including phenoxy) is 1. The molecule has 3 atom stereocenters. The van der Waals surface area contributed by atoms with Crippen molar-refractivity contribution in [3.63, 3.8) is 0 Å². The smallest absolute Gasteiger partial charge is 0.246 e. The summed E-state index contributed by atoms with van der Waals surface area (Å²) in [5.41, 5.74) is 6.40. The topological polar surface area (TPSA) is 115 Å². The Kier molecular flexibility index (Phi) is 8.60. The molecule has 0 bridgehead atoms. The average Bonchev–Trinajstić information content (AvgIpc) is 2.89. The summed E-state index contributed by atoms with van der Waals surface area (Å²) >= 11 is 0. The van der Waals surface area contributed by atoms with Crippen molar-refractivity contribution in [2.75, 3.05) is 40.3 Å². The Morgan fingerprint density at radius 2 is 1.97 bits per heavy atom. The van der Waals surface area contributed by atoms with E-state index in [0.717, 1.165) is 17.1 Å². The number of carbonyl (C=O) groups excluding carboxylic acids is 1. The number of para-hydroxylation sites is 1. The fraction of sp³-hybridized carbons (Fsp3) is 0.357. The van der Waals surface area contributed by atoms with Crippen LogP contribution in [0.25, 0.3) is 0 Å². The van der Waals surface area contributed by atoms with Crippen LogP contribution in [-0.4, -0.2) is 73.5 Å². The van der Waals surface area contributed by atoms with Crippen molar-refractivity contribution in [3.8, 4) is 11.5 Å². The van der Waals surface area contributed by atoms with E-state index in [4.69, 9.17) is 10.5 Å². The van der Waals surface area contributed by atoms with E-state index >= 15 is 0 Å². The molecular weight excluding hydrogens is 468 g/mol. The highest BCUT2D eigenvalue weighted by molar-refractivity contribution is 5.87. The number of β-amino-alcohol motifs (C(OH)–C–C–N with tert-alkyl or cyclic N) is 1. The Labute approximate surface area is 218 Å². The predicted octanol–water partition coefficient (Wildman–Crippen LogP) is 1.98. The van der Waals surface area contributed by atoms with Crippen LogP contribution in [0.1, 0.15) is 12.0 Å². The van der Waals surface area contributed by atoms with Crippen LogP contribution < -0.4 is 21.1 Å². The van der Waals surface area contributed by atoms with E-state index in [9.17, 15) is 9.90 Å². The molecule has 2 aromatic rings. The molecule has 0 saturated carbocycles. The van der Waals surface area contributed by atoms with Crippen molar-refractivity contribution in [2.24, 2.45) is 16.6 Å². The molecule has 2 aliphatic heterocycles. The summed E-state index contributed by atoms with van der Waals surface area (Å²) in [7, 11) is 3.90. The molecule has 196 valence electrons. The molecule has 37 heavy (non-hydrogen) atoms. The second kappa shape index (κ2) is 12.1. The number of aliphatic imine (C=N–C) groups is 1. The van der Waals surface area contributed by atoms with E-state index in [0.29, 0.717) is 38.3 Å². The van der Waals surface area contributed by atoms with Gasteiger partial charge >= 0.3 is 0 Å². The van der Waals surface area contributed by atoms with Crippen molar-refractivity contribution in [3.05, 3.63) is 84.2 Å². The number of benzene rings is 2. The second-order valence-corrected chi connectivity index (χ2v) is 9.67. The van der Waals surface area contributed by atoms with Gasteiger partial charge in [-0.2, -0.15) is 0 Å². The maximum absolute atomic E-state index is 12.4. The number of rotatable bonds is 9. The van der Waals surface area contributed by atoms with Gasteiger partial charge in [0.2, 0.25) is 5.91 Å². The van der Waals surface area contributed by atoms with Crippen LogP contribution in [0.2, 0.25) is 0 Å².